The summed E-state index contributed by atoms with van der Waals surface area (Å²) in [6, 6.07) is 17.8. The number of carbonyl (C=O) groups excluding carboxylic acids is 2. The smallest absolute Gasteiger partial charge is 0.414 e. The van der Waals surface area contributed by atoms with Gasteiger partial charge in [0, 0.05) is 5.56 Å². The van der Waals surface area contributed by atoms with E-state index in [2.05, 4.69) is 5.32 Å². The Bertz CT molecular complexity index is 552. The van der Waals surface area contributed by atoms with E-state index in [4.69, 9.17) is 4.74 Å². The number of ether oxygens (including phenoxy) is 1. The van der Waals surface area contributed by atoms with Crippen LogP contribution in [0.25, 0.3) is 0 Å². The lowest BCUT2D eigenvalue weighted by atomic mass is 10.2. The van der Waals surface area contributed by atoms with Crippen molar-refractivity contribution >= 4 is 12.0 Å². The molecule has 4 heteroatoms. The highest BCUT2D eigenvalue weighted by atomic mass is 16.5. The lowest BCUT2D eigenvalue weighted by molar-refractivity contribution is 0.0912. The molecule has 2 aromatic rings. The molecule has 0 atom stereocenters. The summed E-state index contributed by atoms with van der Waals surface area (Å²) in [4.78, 5) is 23.1. The molecule has 0 unspecified atom stereocenters. The largest absolute Gasteiger partial charge is 0.444 e. The Hall–Kier alpha value is -2.62. The molecule has 0 aromatic heterocycles. The van der Waals surface area contributed by atoms with Gasteiger partial charge in [-0.15, -0.1) is 0 Å². The first kappa shape index (κ1) is 12.8. The van der Waals surface area contributed by atoms with Crippen molar-refractivity contribution in [1.29, 1.82) is 0 Å². The standard InChI is InChI=1S/C15H13NO3/c17-14(13-9-5-2-6-10-13)16-15(18)19-11-12-7-3-1-4-8-12/h1-10H,11H2,(H,16,17,18). The highest BCUT2D eigenvalue weighted by Gasteiger charge is 2.10. The van der Waals surface area contributed by atoms with E-state index in [9.17, 15) is 9.59 Å². The van der Waals surface area contributed by atoms with Crippen LogP contribution in [-0.2, 0) is 11.3 Å². The van der Waals surface area contributed by atoms with E-state index >= 15 is 0 Å². The van der Waals surface area contributed by atoms with Crippen LogP contribution in [0.15, 0.2) is 60.7 Å². The minimum atomic E-state index is -0.752. The Morgan fingerprint density at radius 3 is 2.11 bits per heavy atom. The Morgan fingerprint density at radius 2 is 1.47 bits per heavy atom. The highest BCUT2D eigenvalue weighted by molar-refractivity contribution is 6.02. The van der Waals surface area contributed by atoms with Crippen LogP contribution >= 0.6 is 0 Å². The summed E-state index contributed by atoms with van der Waals surface area (Å²) in [6.45, 7) is 0.134. The van der Waals surface area contributed by atoms with Gasteiger partial charge in [-0.1, -0.05) is 48.5 Å². The third-order valence-electron chi connectivity index (χ3n) is 2.46. The van der Waals surface area contributed by atoms with Crippen LogP contribution in [0.5, 0.6) is 0 Å². The first-order chi connectivity index (χ1) is 9.25. The highest BCUT2D eigenvalue weighted by Crippen LogP contribution is 2.01. The van der Waals surface area contributed by atoms with Gasteiger partial charge in [-0.05, 0) is 17.7 Å². The van der Waals surface area contributed by atoms with Crippen molar-refractivity contribution in [2.75, 3.05) is 0 Å². The zero-order chi connectivity index (χ0) is 13.5. The summed E-state index contributed by atoms with van der Waals surface area (Å²) in [5.41, 5.74) is 1.28. The second-order valence-corrected chi connectivity index (χ2v) is 3.88. The van der Waals surface area contributed by atoms with Crippen molar-refractivity contribution < 1.29 is 14.3 Å². The number of nitrogens with one attached hydrogen (secondary N) is 1. The fraction of sp³-hybridized carbons (Fsp3) is 0.0667. The molecule has 0 heterocycles. The Balaban J connectivity index is 1.83. The minimum absolute atomic E-state index is 0.134. The predicted octanol–water partition coefficient (Wildman–Crippen LogP) is 2.75. The monoisotopic (exact) mass is 255 g/mol. The maximum absolute atomic E-state index is 11.7. The Labute approximate surface area is 111 Å². The third-order valence-corrected chi connectivity index (χ3v) is 2.46. The molecule has 2 amide bonds. The fourth-order valence-electron chi connectivity index (χ4n) is 1.51. The minimum Gasteiger partial charge on any atom is -0.444 e. The van der Waals surface area contributed by atoms with E-state index in [1.807, 2.05) is 30.3 Å². The molecule has 0 aliphatic heterocycles. The van der Waals surface area contributed by atoms with Gasteiger partial charge in [-0.3, -0.25) is 10.1 Å². The van der Waals surface area contributed by atoms with Crippen molar-refractivity contribution in [2.45, 2.75) is 6.61 Å². The number of hydrogen-bond acceptors (Lipinski definition) is 3. The Morgan fingerprint density at radius 1 is 0.895 bits per heavy atom. The van der Waals surface area contributed by atoms with Gasteiger partial charge in [-0.25, -0.2) is 4.79 Å². The third kappa shape index (κ3) is 3.96. The SMILES string of the molecule is O=C(NC(=O)c1ccccc1)OCc1ccccc1. The molecule has 2 rings (SSSR count). The summed E-state index contributed by atoms with van der Waals surface area (Å²) in [6.07, 6.45) is -0.752. The van der Waals surface area contributed by atoms with Crippen LogP contribution in [0.3, 0.4) is 0 Å². The molecule has 0 aliphatic carbocycles. The molecule has 0 aliphatic rings. The molecule has 0 saturated carbocycles. The first-order valence-electron chi connectivity index (χ1n) is 5.83. The van der Waals surface area contributed by atoms with E-state index in [-0.39, 0.29) is 6.61 Å². The van der Waals surface area contributed by atoms with Gasteiger partial charge in [0.2, 0.25) is 0 Å². The molecule has 2 aromatic carbocycles. The number of hydrogen-bond donors (Lipinski definition) is 1. The van der Waals surface area contributed by atoms with Crippen molar-refractivity contribution in [3.05, 3.63) is 71.8 Å². The van der Waals surface area contributed by atoms with E-state index in [1.54, 1.807) is 30.3 Å². The van der Waals surface area contributed by atoms with E-state index < -0.39 is 12.0 Å². The van der Waals surface area contributed by atoms with Gasteiger partial charge in [0.1, 0.15) is 6.61 Å². The zero-order valence-electron chi connectivity index (χ0n) is 10.2. The normalized spacial score (nSPS) is 9.68. The van der Waals surface area contributed by atoms with Gasteiger partial charge in [-0.2, -0.15) is 0 Å². The van der Waals surface area contributed by atoms with Gasteiger partial charge in [0.25, 0.3) is 5.91 Å². The number of rotatable bonds is 3. The van der Waals surface area contributed by atoms with Crippen molar-refractivity contribution in [1.82, 2.24) is 5.32 Å². The summed E-state index contributed by atoms with van der Waals surface area (Å²) in [7, 11) is 0. The first-order valence-corrected chi connectivity index (χ1v) is 5.83. The fourth-order valence-corrected chi connectivity index (χ4v) is 1.51. The van der Waals surface area contributed by atoms with Crippen molar-refractivity contribution in [3.8, 4) is 0 Å². The molecule has 0 radical (unpaired) electrons. The number of amides is 2. The molecule has 0 bridgehead atoms. The average molecular weight is 255 g/mol. The zero-order valence-corrected chi connectivity index (χ0v) is 10.2. The Kier molecular flexibility index (Phi) is 4.29. The molecule has 0 saturated heterocycles. The molecular weight excluding hydrogens is 242 g/mol. The van der Waals surface area contributed by atoms with Crippen molar-refractivity contribution in [3.63, 3.8) is 0 Å². The molecule has 4 nitrogen and oxygen atoms in total. The molecular formula is C15H13NO3. The number of benzene rings is 2. The van der Waals surface area contributed by atoms with Crippen LogP contribution in [0.4, 0.5) is 4.79 Å². The van der Waals surface area contributed by atoms with Crippen LogP contribution in [0.2, 0.25) is 0 Å². The van der Waals surface area contributed by atoms with Crippen LogP contribution in [0.1, 0.15) is 15.9 Å². The van der Waals surface area contributed by atoms with Gasteiger partial charge in [0.15, 0.2) is 0 Å². The average Bonchev–Trinajstić information content (AvgIpc) is 2.47. The van der Waals surface area contributed by atoms with Gasteiger partial charge < -0.3 is 4.74 Å². The lowest BCUT2D eigenvalue weighted by Gasteiger charge is -2.06. The number of alkyl carbamates (subject to hydrolysis) is 1. The summed E-state index contributed by atoms with van der Waals surface area (Å²) in [5.74, 6) is -0.473. The maximum Gasteiger partial charge on any atom is 0.414 e. The van der Waals surface area contributed by atoms with E-state index in [0.717, 1.165) is 5.56 Å². The molecule has 0 fully saturated rings. The summed E-state index contributed by atoms with van der Waals surface area (Å²) >= 11 is 0. The predicted molar refractivity (Wildman–Crippen MR) is 70.5 cm³/mol. The van der Waals surface area contributed by atoms with Crippen LogP contribution < -0.4 is 5.32 Å². The summed E-state index contributed by atoms with van der Waals surface area (Å²) < 4.78 is 4.95. The van der Waals surface area contributed by atoms with Crippen LogP contribution in [-0.4, -0.2) is 12.0 Å². The van der Waals surface area contributed by atoms with E-state index in [1.165, 1.54) is 0 Å². The number of imide groups is 1. The second-order valence-electron chi connectivity index (χ2n) is 3.88. The second kappa shape index (κ2) is 6.35. The lowest BCUT2D eigenvalue weighted by Crippen LogP contribution is -2.30. The number of carbonyl (C=O) groups is 2. The molecule has 0 spiro atoms. The van der Waals surface area contributed by atoms with Gasteiger partial charge >= 0.3 is 6.09 Å². The molecule has 96 valence electrons. The summed E-state index contributed by atoms with van der Waals surface area (Å²) in [5, 5.41) is 2.17. The topological polar surface area (TPSA) is 55.4 Å². The quantitative estimate of drug-likeness (QED) is 0.917. The van der Waals surface area contributed by atoms with Gasteiger partial charge in [0.05, 0.1) is 0 Å². The van der Waals surface area contributed by atoms with Crippen LogP contribution in [0, 0.1) is 0 Å². The van der Waals surface area contributed by atoms with Crippen molar-refractivity contribution in [2.24, 2.45) is 0 Å². The molecule has 1 N–H and O–H groups in total. The molecule has 19 heavy (non-hydrogen) atoms. The van der Waals surface area contributed by atoms with E-state index in [0.29, 0.717) is 5.56 Å². The maximum atomic E-state index is 11.7.